The summed E-state index contributed by atoms with van der Waals surface area (Å²) in [5, 5.41) is 11.1. The minimum Gasteiger partial charge on any atom is -0.465 e. The van der Waals surface area contributed by atoms with E-state index < -0.39 is 27.9 Å². The highest BCUT2D eigenvalue weighted by Crippen LogP contribution is 2.25. The third kappa shape index (κ3) is 2.34. The molecule has 0 spiro atoms. The number of carbonyl (C=O) groups excluding carboxylic acids is 2. The van der Waals surface area contributed by atoms with Crippen molar-refractivity contribution in [3.63, 3.8) is 0 Å². The van der Waals surface area contributed by atoms with Gasteiger partial charge in [-0.2, -0.15) is 0 Å². The molecule has 114 valence electrons. The summed E-state index contributed by atoms with van der Waals surface area (Å²) in [5.74, 6) is -1.52. The molecular weight excluding hydrogens is 292 g/mol. The van der Waals surface area contributed by atoms with Gasteiger partial charge in [0, 0.05) is 12.5 Å². The fraction of sp³-hybridized carbons (Fsp3) is 0.214. The van der Waals surface area contributed by atoms with Gasteiger partial charge in [0.1, 0.15) is 5.56 Å². The molecule has 1 aromatic carbocycles. The van der Waals surface area contributed by atoms with E-state index in [1.165, 1.54) is 18.2 Å². The van der Waals surface area contributed by atoms with Crippen molar-refractivity contribution < 1.29 is 19.2 Å². The lowest BCUT2D eigenvalue weighted by Crippen LogP contribution is -2.31. The smallest absolute Gasteiger partial charge is 0.343 e. The van der Waals surface area contributed by atoms with Crippen molar-refractivity contribution in [2.45, 2.75) is 13.3 Å². The molecule has 1 heterocycles. The Kier molecular flexibility index (Phi) is 4.02. The van der Waals surface area contributed by atoms with Gasteiger partial charge in [-0.1, -0.05) is 13.0 Å². The first-order chi connectivity index (χ1) is 10.4. The largest absolute Gasteiger partial charge is 0.465 e. The van der Waals surface area contributed by atoms with E-state index in [9.17, 15) is 24.5 Å². The van der Waals surface area contributed by atoms with Crippen LogP contribution in [0.25, 0.3) is 10.9 Å². The Bertz CT molecular complexity index is 852. The number of benzene rings is 1. The molecule has 8 nitrogen and oxygen atoms in total. The van der Waals surface area contributed by atoms with E-state index in [0.29, 0.717) is 0 Å². The second-order valence-corrected chi connectivity index (χ2v) is 4.40. The number of esters is 1. The Labute approximate surface area is 124 Å². The lowest BCUT2D eigenvalue weighted by Gasteiger charge is -2.10. The highest BCUT2D eigenvalue weighted by Gasteiger charge is 2.23. The Morgan fingerprint density at radius 2 is 2.05 bits per heavy atom. The van der Waals surface area contributed by atoms with Gasteiger partial charge >= 0.3 is 5.97 Å². The Morgan fingerprint density at radius 3 is 2.59 bits per heavy atom. The summed E-state index contributed by atoms with van der Waals surface area (Å²) in [7, 11) is 1.08. The number of ether oxygens (including phenoxy) is 1. The van der Waals surface area contributed by atoms with Gasteiger partial charge in [-0.15, -0.1) is 0 Å². The first-order valence-electron chi connectivity index (χ1n) is 6.37. The van der Waals surface area contributed by atoms with Crippen molar-refractivity contribution in [2.24, 2.45) is 0 Å². The number of nitrogens with zero attached hydrogens (tertiary/aromatic N) is 2. The highest BCUT2D eigenvalue weighted by atomic mass is 16.6. The maximum Gasteiger partial charge on any atom is 0.343 e. The number of carbonyl (C=O) groups is 2. The van der Waals surface area contributed by atoms with Gasteiger partial charge in [0.15, 0.2) is 0 Å². The van der Waals surface area contributed by atoms with Crippen molar-refractivity contribution in [1.29, 1.82) is 0 Å². The number of methoxy groups -OCH3 is 1. The number of non-ortho nitro benzene ring substituents is 1. The van der Waals surface area contributed by atoms with Crippen molar-refractivity contribution in [3.8, 4) is 0 Å². The molecule has 8 heteroatoms. The van der Waals surface area contributed by atoms with E-state index in [2.05, 4.69) is 4.74 Å². The number of rotatable bonds is 3. The van der Waals surface area contributed by atoms with Crippen LogP contribution in [0.1, 0.15) is 28.5 Å². The molecule has 0 amide bonds. The van der Waals surface area contributed by atoms with Crippen LogP contribution < -0.4 is 5.56 Å². The molecule has 0 bridgehead atoms. The fourth-order valence-electron chi connectivity index (χ4n) is 2.14. The Morgan fingerprint density at radius 1 is 1.36 bits per heavy atom. The molecule has 2 rings (SSSR count). The van der Waals surface area contributed by atoms with Crippen molar-refractivity contribution in [1.82, 2.24) is 4.57 Å². The van der Waals surface area contributed by atoms with E-state index in [1.54, 1.807) is 6.92 Å². The first kappa shape index (κ1) is 15.4. The van der Waals surface area contributed by atoms with Crippen molar-refractivity contribution in [3.05, 3.63) is 50.3 Å². The summed E-state index contributed by atoms with van der Waals surface area (Å²) in [4.78, 5) is 46.5. The second-order valence-electron chi connectivity index (χ2n) is 4.40. The lowest BCUT2D eigenvalue weighted by molar-refractivity contribution is -0.383. The zero-order chi connectivity index (χ0) is 16.4. The third-order valence-corrected chi connectivity index (χ3v) is 3.18. The quantitative estimate of drug-likeness (QED) is 0.485. The summed E-state index contributed by atoms with van der Waals surface area (Å²) in [5.41, 5.74) is -1.50. The minimum absolute atomic E-state index is 0.00231. The average molecular weight is 304 g/mol. The van der Waals surface area contributed by atoms with Crippen molar-refractivity contribution in [2.75, 3.05) is 7.11 Å². The Balaban J connectivity index is 3.02. The van der Waals surface area contributed by atoms with Crippen LogP contribution in [0.5, 0.6) is 0 Å². The molecule has 0 fully saturated rings. The number of hydrogen-bond acceptors (Lipinski definition) is 6. The third-order valence-electron chi connectivity index (χ3n) is 3.18. The van der Waals surface area contributed by atoms with E-state index in [0.717, 1.165) is 17.7 Å². The van der Waals surface area contributed by atoms with Crippen LogP contribution in [-0.2, 0) is 4.74 Å². The van der Waals surface area contributed by atoms with Gasteiger partial charge in [0.25, 0.3) is 11.2 Å². The van der Waals surface area contributed by atoms with Crippen LogP contribution in [0.4, 0.5) is 5.69 Å². The van der Waals surface area contributed by atoms with Crippen LogP contribution in [-0.4, -0.2) is 28.5 Å². The molecule has 0 saturated carbocycles. The first-order valence-corrected chi connectivity index (χ1v) is 6.37. The topological polar surface area (TPSA) is 109 Å². The molecule has 22 heavy (non-hydrogen) atoms. The maximum atomic E-state index is 12.3. The predicted octanol–water partition coefficient (Wildman–Crippen LogP) is 1.75. The number of aromatic nitrogens is 1. The van der Waals surface area contributed by atoms with Crippen LogP contribution in [0.3, 0.4) is 0 Å². The highest BCUT2D eigenvalue weighted by molar-refractivity contribution is 6.00. The number of fused-ring (bicyclic) bond motifs is 1. The SMILES string of the molecule is CCC(=O)n1c(=O)c(C(=O)OC)cc2c([N+](=O)[O-])cccc21. The molecule has 0 N–H and O–H groups in total. The molecule has 2 aromatic rings. The van der Waals surface area contributed by atoms with Crippen LogP contribution in [0.15, 0.2) is 29.1 Å². The molecule has 0 saturated heterocycles. The van der Waals surface area contributed by atoms with Gasteiger partial charge in [-0.05, 0) is 12.1 Å². The minimum atomic E-state index is -0.956. The Hall–Kier alpha value is -3.03. The molecular formula is C14H12N2O6. The molecule has 0 radical (unpaired) electrons. The molecule has 1 aromatic heterocycles. The normalized spacial score (nSPS) is 10.5. The standard InChI is InChI=1S/C14H12N2O6/c1-3-12(17)15-10-5-4-6-11(16(20)21)8(10)7-9(13(15)18)14(19)22-2/h4-7H,3H2,1-2H3. The van der Waals surface area contributed by atoms with Gasteiger partial charge < -0.3 is 4.74 Å². The lowest BCUT2D eigenvalue weighted by atomic mass is 10.1. The second kappa shape index (κ2) is 5.76. The number of nitro groups is 1. The van der Waals surface area contributed by atoms with Gasteiger partial charge in [0.05, 0.1) is 22.9 Å². The van der Waals surface area contributed by atoms with Gasteiger partial charge in [-0.25, -0.2) is 9.36 Å². The average Bonchev–Trinajstić information content (AvgIpc) is 2.52. The molecule has 0 unspecified atom stereocenters. The van der Waals surface area contributed by atoms with Crippen LogP contribution >= 0.6 is 0 Å². The maximum absolute atomic E-state index is 12.3. The number of pyridine rings is 1. The van der Waals surface area contributed by atoms with Crippen LogP contribution in [0.2, 0.25) is 0 Å². The molecule has 0 atom stereocenters. The number of hydrogen-bond donors (Lipinski definition) is 0. The monoisotopic (exact) mass is 304 g/mol. The van der Waals surface area contributed by atoms with Gasteiger partial charge in [0.2, 0.25) is 5.91 Å². The van der Waals surface area contributed by atoms with Gasteiger partial charge in [-0.3, -0.25) is 19.7 Å². The summed E-state index contributed by atoms with van der Waals surface area (Å²) in [6.07, 6.45) is 0.00231. The summed E-state index contributed by atoms with van der Waals surface area (Å²) in [6, 6.07) is 5.10. The fourth-order valence-corrected chi connectivity index (χ4v) is 2.14. The summed E-state index contributed by atoms with van der Waals surface area (Å²) >= 11 is 0. The molecule has 0 aliphatic rings. The summed E-state index contributed by atoms with van der Waals surface area (Å²) in [6.45, 7) is 1.54. The summed E-state index contributed by atoms with van der Waals surface area (Å²) < 4.78 is 5.27. The van der Waals surface area contributed by atoms with E-state index in [-0.39, 0.29) is 23.0 Å². The number of nitro benzene ring substituents is 1. The van der Waals surface area contributed by atoms with E-state index >= 15 is 0 Å². The zero-order valence-electron chi connectivity index (χ0n) is 11.9. The van der Waals surface area contributed by atoms with E-state index in [1.807, 2.05) is 0 Å². The van der Waals surface area contributed by atoms with Crippen LogP contribution in [0, 0.1) is 10.1 Å². The molecule has 0 aliphatic heterocycles. The van der Waals surface area contributed by atoms with E-state index in [4.69, 9.17) is 0 Å². The van der Waals surface area contributed by atoms with Crippen molar-refractivity contribution >= 4 is 28.5 Å². The zero-order valence-corrected chi connectivity index (χ0v) is 11.9. The molecule has 0 aliphatic carbocycles. The predicted molar refractivity (Wildman–Crippen MR) is 77.1 cm³/mol.